The predicted octanol–water partition coefficient (Wildman–Crippen LogP) is 3.46. The summed E-state index contributed by atoms with van der Waals surface area (Å²) >= 11 is 1.65. The minimum absolute atomic E-state index is 0.0350. The molecule has 0 bridgehead atoms. The predicted molar refractivity (Wildman–Crippen MR) is 73.1 cm³/mol. The third-order valence-corrected chi connectivity index (χ3v) is 2.87. The Bertz CT molecular complexity index is 441. The zero-order valence-corrected chi connectivity index (χ0v) is 11.6. The first-order valence-electron chi connectivity index (χ1n) is 5.81. The van der Waals surface area contributed by atoms with E-state index >= 15 is 0 Å². The number of hydrogen-bond acceptors (Lipinski definition) is 3. The Morgan fingerprint density at radius 3 is 2.70 bits per heavy atom. The van der Waals surface area contributed by atoms with Gasteiger partial charge in [-0.3, -0.25) is 0 Å². The van der Waals surface area contributed by atoms with Crippen LogP contribution >= 0.6 is 11.8 Å². The van der Waals surface area contributed by atoms with Gasteiger partial charge in [0.05, 0.1) is 5.69 Å². The van der Waals surface area contributed by atoms with Crippen LogP contribution in [0.2, 0.25) is 0 Å². The molecule has 1 rings (SSSR count). The number of urea groups is 1. The van der Waals surface area contributed by atoms with Crippen LogP contribution in [0, 0.1) is 0 Å². The minimum Gasteiger partial charge on any atom is -0.404 e. The largest absolute Gasteiger partial charge is 0.573 e. The highest BCUT2D eigenvalue weighted by atomic mass is 32.2. The number of hydrogen-bond donors (Lipinski definition) is 2. The Morgan fingerprint density at radius 1 is 1.35 bits per heavy atom. The molecule has 112 valence electrons. The number of carbonyl (C=O) groups excluding carboxylic acids is 1. The quantitative estimate of drug-likeness (QED) is 0.791. The lowest BCUT2D eigenvalue weighted by Crippen LogP contribution is -2.30. The van der Waals surface area contributed by atoms with Crippen LogP contribution < -0.4 is 15.4 Å². The van der Waals surface area contributed by atoms with Crippen LogP contribution in [0.5, 0.6) is 5.75 Å². The summed E-state index contributed by atoms with van der Waals surface area (Å²) in [6.45, 7) is 0.453. The molecule has 0 heterocycles. The highest BCUT2D eigenvalue weighted by Gasteiger charge is 2.32. The molecule has 0 aliphatic carbocycles. The number of amides is 2. The van der Waals surface area contributed by atoms with E-state index in [2.05, 4.69) is 15.4 Å². The lowest BCUT2D eigenvalue weighted by atomic mass is 10.3. The van der Waals surface area contributed by atoms with Crippen molar-refractivity contribution in [3.8, 4) is 5.75 Å². The van der Waals surface area contributed by atoms with Crippen molar-refractivity contribution in [2.75, 3.05) is 23.9 Å². The standard InChI is InChI=1S/C12H15F3N2O2S/c1-20-8-4-7-16-11(18)17-9-5-2-3-6-10(9)19-12(13,14)15/h2-3,5-6H,4,7-8H2,1H3,(H2,16,17,18). The summed E-state index contributed by atoms with van der Waals surface area (Å²) in [5.41, 5.74) is -0.0350. The second kappa shape index (κ2) is 7.88. The fraction of sp³-hybridized carbons (Fsp3) is 0.417. The Hall–Kier alpha value is -1.57. The lowest BCUT2D eigenvalue weighted by molar-refractivity contribution is -0.274. The summed E-state index contributed by atoms with van der Waals surface area (Å²) in [7, 11) is 0. The Morgan fingerprint density at radius 2 is 2.05 bits per heavy atom. The minimum atomic E-state index is -4.80. The van der Waals surface area contributed by atoms with Gasteiger partial charge in [-0.05, 0) is 30.6 Å². The van der Waals surface area contributed by atoms with Crippen LogP contribution in [-0.4, -0.2) is 30.9 Å². The van der Waals surface area contributed by atoms with Crippen LogP contribution in [-0.2, 0) is 0 Å². The summed E-state index contributed by atoms with van der Waals surface area (Å²) in [6, 6.07) is 4.80. The van der Waals surface area contributed by atoms with Crippen molar-refractivity contribution in [1.29, 1.82) is 0 Å². The van der Waals surface area contributed by atoms with E-state index in [1.165, 1.54) is 18.2 Å². The number of para-hydroxylation sites is 2. The molecule has 0 saturated heterocycles. The first-order chi connectivity index (χ1) is 9.42. The summed E-state index contributed by atoms with van der Waals surface area (Å²) in [6.07, 6.45) is -2.06. The Balaban J connectivity index is 2.56. The average molecular weight is 308 g/mol. The van der Waals surface area contributed by atoms with E-state index in [0.29, 0.717) is 6.54 Å². The van der Waals surface area contributed by atoms with Crippen molar-refractivity contribution in [3.05, 3.63) is 24.3 Å². The number of halogens is 3. The molecule has 2 N–H and O–H groups in total. The third-order valence-electron chi connectivity index (χ3n) is 2.17. The van der Waals surface area contributed by atoms with Crippen LogP contribution in [0.3, 0.4) is 0 Å². The molecule has 2 amide bonds. The van der Waals surface area contributed by atoms with Crippen molar-refractivity contribution in [3.63, 3.8) is 0 Å². The summed E-state index contributed by atoms with van der Waals surface area (Å²) in [5, 5.41) is 4.88. The van der Waals surface area contributed by atoms with Gasteiger partial charge in [0, 0.05) is 6.54 Å². The maximum absolute atomic E-state index is 12.2. The number of anilines is 1. The summed E-state index contributed by atoms with van der Waals surface area (Å²) < 4.78 is 40.4. The van der Waals surface area contributed by atoms with Crippen LogP contribution in [0.15, 0.2) is 24.3 Å². The van der Waals surface area contributed by atoms with E-state index in [1.54, 1.807) is 11.8 Å². The first kappa shape index (κ1) is 16.5. The average Bonchev–Trinajstić information content (AvgIpc) is 2.35. The number of ether oxygens (including phenoxy) is 1. The number of rotatable bonds is 6. The number of benzene rings is 1. The van der Waals surface area contributed by atoms with Gasteiger partial charge in [0.15, 0.2) is 5.75 Å². The zero-order valence-electron chi connectivity index (χ0n) is 10.8. The number of carbonyl (C=O) groups is 1. The molecule has 4 nitrogen and oxygen atoms in total. The molecular weight excluding hydrogens is 293 g/mol. The van der Waals surface area contributed by atoms with Crippen molar-refractivity contribution in [2.45, 2.75) is 12.8 Å². The van der Waals surface area contributed by atoms with Gasteiger partial charge in [-0.2, -0.15) is 11.8 Å². The first-order valence-corrected chi connectivity index (χ1v) is 7.20. The topological polar surface area (TPSA) is 50.4 Å². The molecule has 1 aromatic carbocycles. The maximum Gasteiger partial charge on any atom is 0.573 e. The normalized spacial score (nSPS) is 11.0. The Kier molecular flexibility index (Phi) is 6.50. The molecule has 0 spiro atoms. The molecule has 0 aliphatic heterocycles. The van der Waals surface area contributed by atoms with Gasteiger partial charge in [-0.1, -0.05) is 12.1 Å². The van der Waals surface area contributed by atoms with Gasteiger partial charge >= 0.3 is 12.4 Å². The van der Waals surface area contributed by atoms with E-state index in [1.807, 2.05) is 6.26 Å². The van der Waals surface area contributed by atoms with E-state index < -0.39 is 18.1 Å². The molecule has 0 atom stereocenters. The summed E-state index contributed by atoms with van der Waals surface area (Å²) in [5.74, 6) is 0.452. The van der Waals surface area contributed by atoms with Crippen LogP contribution in [0.1, 0.15) is 6.42 Å². The van der Waals surface area contributed by atoms with Gasteiger partial charge in [0.2, 0.25) is 0 Å². The van der Waals surface area contributed by atoms with Gasteiger partial charge in [0.25, 0.3) is 0 Å². The molecular formula is C12H15F3N2O2S. The fourth-order valence-corrected chi connectivity index (χ4v) is 1.80. The molecule has 0 fully saturated rings. The molecule has 0 aliphatic rings. The zero-order chi connectivity index (χ0) is 15.0. The molecule has 0 saturated carbocycles. The highest BCUT2D eigenvalue weighted by molar-refractivity contribution is 7.98. The van der Waals surface area contributed by atoms with E-state index in [9.17, 15) is 18.0 Å². The van der Waals surface area contributed by atoms with Gasteiger partial charge < -0.3 is 15.4 Å². The number of thioether (sulfide) groups is 1. The van der Waals surface area contributed by atoms with E-state index in [0.717, 1.165) is 18.2 Å². The monoisotopic (exact) mass is 308 g/mol. The van der Waals surface area contributed by atoms with Crippen molar-refractivity contribution in [2.24, 2.45) is 0 Å². The molecule has 20 heavy (non-hydrogen) atoms. The molecule has 1 aromatic rings. The molecule has 0 radical (unpaired) electrons. The number of alkyl halides is 3. The number of nitrogens with one attached hydrogen (secondary N) is 2. The smallest absolute Gasteiger partial charge is 0.404 e. The van der Waals surface area contributed by atoms with Gasteiger partial charge in [-0.15, -0.1) is 13.2 Å². The fourth-order valence-electron chi connectivity index (χ4n) is 1.37. The van der Waals surface area contributed by atoms with E-state index in [4.69, 9.17) is 0 Å². The second-order valence-corrected chi connectivity index (χ2v) is 4.76. The van der Waals surface area contributed by atoms with Crippen LogP contribution in [0.25, 0.3) is 0 Å². The van der Waals surface area contributed by atoms with Gasteiger partial charge in [-0.25, -0.2) is 4.79 Å². The molecule has 0 aromatic heterocycles. The van der Waals surface area contributed by atoms with Crippen LogP contribution in [0.4, 0.5) is 23.7 Å². The Labute approximate surface area is 119 Å². The van der Waals surface area contributed by atoms with Crippen molar-refractivity contribution >= 4 is 23.5 Å². The van der Waals surface area contributed by atoms with Crippen molar-refractivity contribution in [1.82, 2.24) is 5.32 Å². The lowest BCUT2D eigenvalue weighted by Gasteiger charge is -2.14. The third kappa shape index (κ3) is 6.55. The van der Waals surface area contributed by atoms with E-state index in [-0.39, 0.29) is 5.69 Å². The second-order valence-electron chi connectivity index (χ2n) is 3.77. The molecule has 8 heteroatoms. The SMILES string of the molecule is CSCCCNC(=O)Nc1ccccc1OC(F)(F)F. The highest BCUT2D eigenvalue weighted by Crippen LogP contribution is 2.29. The van der Waals surface area contributed by atoms with Gasteiger partial charge in [0.1, 0.15) is 0 Å². The molecule has 0 unspecified atom stereocenters. The summed E-state index contributed by atoms with van der Waals surface area (Å²) in [4.78, 5) is 11.5. The maximum atomic E-state index is 12.2. The van der Waals surface area contributed by atoms with Crippen molar-refractivity contribution < 1.29 is 22.7 Å².